The number of anilines is 1. The molecule has 0 saturated carbocycles. The molecule has 2 rings (SSSR count). The molecule has 0 aliphatic heterocycles. The van der Waals surface area contributed by atoms with E-state index in [1.165, 1.54) is 11.1 Å². The zero-order valence-corrected chi connectivity index (χ0v) is 12.7. The first kappa shape index (κ1) is 13.1. The molecule has 1 aromatic carbocycles. The van der Waals surface area contributed by atoms with Gasteiger partial charge in [0.05, 0.1) is 11.7 Å². The van der Waals surface area contributed by atoms with Crippen LogP contribution in [0.25, 0.3) is 0 Å². The van der Waals surface area contributed by atoms with Gasteiger partial charge in [0.2, 0.25) is 0 Å². The zero-order valence-electron chi connectivity index (χ0n) is 11.2. The van der Waals surface area contributed by atoms with E-state index in [0.717, 1.165) is 15.9 Å². The molecule has 96 valence electrons. The smallest absolute Gasteiger partial charge is 0.0646 e. The van der Waals surface area contributed by atoms with Crippen LogP contribution in [0.2, 0.25) is 0 Å². The fourth-order valence-corrected chi connectivity index (χ4v) is 2.62. The van der Waals surface area contributed by atoms with E-state index in [2.05, 4.69) is 64.6 Å². The van der Waals surface area contributed by atoms with Crippen molar-refractivity contribution in [2.45, 2.75) is 26.8 Å². The lowest BCUT2D eigenvalue weighted by Crippen LogP contribution is -2.08. The third kappa shape index (κ3) is 2.75. The first-order valence-corrected chi connectivity index (χ1v) is 6.79. The number of aryl methyl sites for hydroxylation is 3. The van der Waals surface area contributed by atoms with Gasteiger partial charge in [-0.1, -0.05) is 15.9 Å². The van der Waals surface area contributed by atoms with E-state index in [1.807, 2.05) is 18.7 Å². The highest BCUT2D eigenvalue weighted by atomic mass is 79.9. The first-order valence-electron chi connectivity index (χ1n) is 6.00. The van der Waals surface area contributed by atoms with Gasteiger partial charge in [-0.3, -0.25) is 4.68 Å². The summed E-state index contributed by atoms with van der Waals surface area (Å²) < 4.78 is 2.97. The Kier molecular flexibility index (Phi) is 3.76. The second-order valence-corrected chi connectivity index (χ2v) is 5.58. The predicted molar refractivity (Wildman–Crippen MR) is 78.9 cm³/mol. The molecule has 0 spiro atoms. The molecule has 2 aromatic rings. The van der Waals surface area contributed by atoms with E-state index in [4.69, 9.17) is 0 Å². The molecular weight excluding hydrogens is 290 g/mol. The van der Waals surface area contributed by atoms with E-state index < -0.39 is 0 Å². The lowest BCUT2D eigenvalue weighted by molar-refractivity contribution is 0.756. The molecule has 0 saturated heterocycles. The minimum atomic E-state index is 0.249. The maximum absolute atomic E-state index is 4.38. The second kappa shape index (κ2) is 5.14. The Bertz CT molecular complexity index is 560. The largest absolute Gasteiger partial charge is 0.378 e. The van der Waals surface area contributed by atoms with Crippen molar-refractivity contribution in [3.05, 3.63) is 45.7 Å². The van der Waals surface area contributed by atoms with Gasteiger partial charge in [-0.25, -0.2) is 0 Å². The summed E-state index contributed by atoms with van der Waals surface area (Å²) in [6.07, 6.45) is 2.07. The highest BCUT2D eigenvalue weighted by Gasteiger charge is 2.12. The lowest BCUT2D eigenvalue weighted by Gasteiger charge is -2.16. The Morgan fingerprint density at radius 3 is 2.61 bits per heavy atom. The Balaban J connectivity index is 2.21. The van der Waals surface area contributed by atoms with Gasteiger partial charge < -0.3 is 5.32 Å². The highest BCUT2D eigenvalue weighted by Crippen LogP contribution is 2.25. The van der Waals surface area contributed by atoms with Gasteiger partial charge in [-0.15, -0.1) is 0 Å². The molecule has 3 nitrogen and oxygen atoms in total. The lowest BCUT2D eigenvalue weighted by atomic mass is 10.1. The molecule has 1 N–H and O–H groups in total. The maximum Gasteiger partial charge on any atom is 0.0646 e. The van der Waals surface area contributed by atoms with Gasteiger partial charge in [0.25, 0.3) is 0 Å². The molecule has 1 heterocycles. The van der Waals surface area contributed by atoms with Crippen LogP contribution in [-0.4, -0.2) is 9.78 Å². The third-order valence-electron chi connectivity index (χ3n) is 3.08. The summed E-state index contributed by atoms with van der Waals surface area (Å²) >= 11 is 3.48. The molecular formula is C14H18BrN3. The van der Waals surface area contributed by atoms with Crippen LogP contribution in [0.1, 0.15) is 29.8 Å². The Morgan fingerprint density at radius 2 is 2.06 bits per heavy atom. The van der Waals surface area contributed by atoms with Crippen LogP contribution in [0.4, 0.5) is 5.69 Å². The topological polar surface area (TPSA) is 29.9 Å². The molecule has 0 fully saturated rings. The average molecular weight is 308 g/mol. The zero-order chi connectivity index (χ0) is 13.3. The molecule has 0 aliphatic carbocycles. The number of aromatic nitrogens is 2. The molecule has 0 radical (unpaired) electrons. The van der Waals surface area contributed by atoms with Gasteiger partial charge in [0.1, 0.15) is 0 Å². The van der Waals surface area contributed by atoms with Crippen molar-refractivity contribution >= 4 is 21.6 Å². The van der Waals surface area contributed by atoms with Crippen LogP contribution in [0.5, 0.6) is 0 Å². The van der Waals surface area contributed by atoms with Crippen LogP contribution in [0.15, 0.2) is 28.9 Å². The monoisotopic (exact) mass is 307 g/mol. The fraction of sp³-hybridized carbons (Fsp3) is 0.357. The van der Waals surface area contributed by atoms with Crippen molar-refractivity contribution in [2.24, 2.45) is 7.05 Å². The van der Waals surface area contributed by atoms with Gasteiger partial charge in [-0.05, 0) is 44.5 Å². The van der Waals surface area contributed by atoms with Crippen molar-refractivity contribution in [3.8, 4) is 0 Å². The summed E-state index contributed by atoms with van der Waals surface area (Å²) in [5.74, 6) is 0. The number of hydrogen-bond donors (Lipinski definition) is 1. The highest BCUT2D eigenvalue weighted by molar-refractivity contribution is 9.10. The normalized spacial score (nSPS) is 12.5. The number of benzene rings is 1. The molecule has 4 heteroatoms. The summed E-state index contributed by atoms with van der Waals surface area (Å²) in [5, 5.41) is 7.91. The van der Waals surface area contributed by atoms with E-state index in [9.17, 15) is 0 Å². The molecule has 0 aliphatic rings. The molecule has 1 atom stereocenters. The fourth-order valence-electron chi connectivity index (χ4n) is 2.14. The van der Waals surface area contributed by atoms with Crippen LogP contribution >= 0.6 is 15.9 Å². The van der Waals surface area contributed by atoms with Gasteiger partial charge in [0.15, 0.2) is 0 Å². The van der Waals surface area contributed by atoms with Crippen molar-refractivity contribution in [1.82, 2.24) is 9.78 Å². The van der Waals surface area contributed by atoms with Crippen LogP contribution in [0, 0.1) is 13.8 Å². The number of rotatable bonds is 3. The number of nitrogens with zero attached hydrogens (tertiary/aromatic N) is 2. The van der Waals surface area contributed by atoms with Crippen LogP contribution < -0.4 is 5.32 Å². The third-order valence-corrected chi connectivity index (χ3v) is 3.57. The summed E-state index contributed by atoms with van der Waals surface area (Å²) in [4.78, 5) is 0. The Labute approximate surface area is 116 Å². The SMILES string of the molecule is Cc1cc(Br)ccc1NC(C)c1cn(C)nc1C. The maximum atomic E-state index is 4.38. The average Bonchev–Trinajstić information content (AvgIpc) is 2.62. The molecule has 18 heavy (non-hydrogen) atoms. The van der Waals surface area contributed by atoms with Crippen molar-refractivity contribution in [1.29, 1.82) is 0 Å². The van der Waals surface area contributed by atoms with Gasteiger partial charge in [0, 0.05) is 29.0 Å². The molecule has 1 aromatic heterocycles. The Morgan fingerprint density at radius 1 is 1.33 bits per heavy atom. The van der Waals surface area contributed by atoms with Gasteiger partial charge >= 0.3 is 0 Å². The predicted octanol–water partition coefficient (Wildman–Crippen LogP) is 3.97. The van der Waals surface area contributed by atoms with Crippen molar-refractivity contribution < 1.29 is 0 Å². The van der Waals surface area contributed by atoms with Crippen LogP contribution in [0.3, 0.4) is 0 Å². The molecule has 0 bridgehead atoms. The molecule has 0 amide bonds. The minimum absolute atomic E-state index is 0.249. The van der Waals surface area contributed by atoms with E-state index in [-0.39, 0.29) is 6.04 Å². The number of halogens is 1. The van der Waals surface area contributed by atoms with E-state index in [1.54, 1.807) is 0 Å². The summed E-state index contributed by atoms with van der Waals surface area (Å²) in [7, 11) is 1.95. The minimum Gasteiger partial charge on any atom is -0.378 e. The standard InChI is InChI=1S/C14H18BrN3/c1-9-7-12(15)5-6-14(9)16-10(2)13-8-18(4)17-11(13)3/h5-8,10,16H,1-4H3. The second-order valence-electron chi connectivity index (χ2n) is 4.67. The van der Waals surface area contributed by atoms with Crippen LogP contribution in [-0.2, 0) is 7.05 Å². The summed E-state index contributed by atoms with van der Waals surface area (Å²) in [5.41, 5.74) is 4.71. The summed E-state index contributed by atoms with van der Waals surface area (Å²) in [6.45, 7) is 6.31. The Hall–Kier alpha value is -1.29. The van der Waals surface area contributed by atoms with E-state index >= 15 is 0 Å². The number of nitrogens with one attached hydrogen (secondary N) is 1. The number of hydrogen-bond acceptors (Lipinski definition) is 2. The quantitative estimate of drug-likeness (QED) is 0.929. The molecule has 1 unspecified atom stereocenters. The van der Waals surface area contributed by atoms with Crippen molar-refractivity contribution in [3.63, 3.8) is 0 Å². The summed E-state index contributed by atoms with van der Waals surface area (Å²) in [6, 6.07) is 6.52. The van der Waals surface area contributed by atoms with Gasteiger partial charge in [-0.2, -0.15) is 5.10 Å². The van der Waals surface area contributed by atoms with E-state index in [0.29, 0.717) is 0 Å². The van der Waals surface area contributed by atoms with Crippen molar-refractivity contribution in [2.75, 3.05) is 5.32 Å². The first-order chi connectivity index (χ1) is 8.47.